The van der Waals surface area contributed by atoms with Crippen molar-refractivity contribution in [3.05, 3.63) is 95.1 Å². The third-order valence-electron chi connectivity index (χ3n) is 5.75. The zero-order chi connectivity index (χ0) is 25.8. The zero-order valence-corrected chi connectivity index (χ0v) is 19.7. The molecule has 182 valence electrons. The van der Waals surface area contributed by atoms with Gasteiger partial charge in [-0.05, 0) is 47.5 Å². The average Bonchev–Trinajstić information content (AvgIpc) is 3.21. The van der Waals surface area contributed by atoms with E-state index in [1.165, 1.54) is 19.1 Å². The molecule has 3 N–H and O–H groups in total. The minimum absolute atomic E-state index is 0.190. The monoisotopic (exact) mass is 484 g/mol. The molecule has 0 fully saturated rings. The summed E-state index contributed by atoms with van der Waals surface area (Å²) in [6.07, 6.45) is 0. The van der Waals surface area contributed by atoms with E-state index in [1.807, 2.05) is 30.3 Å². The van der Waals surface area contributed by atoms with E-state index in [1.54, 1.807) is 42.5 Å². The van der Waals surface area contributed by atoms with Crippen molar-refractivity contribution in [2.45, 2.75) is 5.92 Å². The number of methoxy groups -OCH3 is 1. The maximum Gasteiger partial charge on any atom is 0.337 e. The Balaban J connectivity index is 1.72. The van der Waals surface area contributed by atoms with Crippen molar-refractivity contribution in [1.82, 2.24) is 4.90 Å². The first kappa shape index (κ1) is 24.3. The number of benzene rings is 3. The minimum atomic E-state index is -0.711. The van der Waals surface area contributed by atoms with Crippen molar-refractivity contribution in [2.75, 3.05) is 26.0 Å². The van der Waals surface area contributed by atoms with Crippen LogP contribution < -0.4 is 11.1 Å². The summed E-state index contributed by atoms with van der Waals surface area (Å²) < 4.78 is 4.78. The third-order valence-corrected chi connectivity index (χ3v) is 5.75. The van der Waals surface area contributed by atoms with Crippen molar-refractivity contribution in [3.8, 4) is 0 Å². The van der Waals surface area contributed by atoms with E-state index in [0.717, 1.165) is 5.56 Å². The SMILES string of the molecule is COC(=O)c1ccc2c(c1)NC(=O)C2C(=Nc1ccc(C(=O)N(C)CC(N)=O)cc1)c1ccccc1. The maximum atomic E-state index is 13.1. The highest BCUT2D eigenvalue weighted by molar-refractivity contribution is 6.24. The van der Waals surface area contributed by atoms with Crippen LogP contribution in [0.1, 0.15) is 37.8 Å². The molecule has 0 radical (unpaired) electrons. The molecule has 36 heavy (non-hydrogen) atoms. The van der Waals surface area contributed by atoms with E-state index in [9.17, 15) is 19.2 Å². The molecular formula is C27H24N4O5. The number of nitrogens with one attached hydrogen (secondary N) is 1. The molecule has 0 saturated carbocycles. The lowest BCUT2D eigenvalue weighted by Crippen LogP contribution is -2.35. The maximum absolute atomic E-state index is 13.1. The number of amides is 3. The number of anilines is 1. The van der Waals surface area contributed by atoms with Crippen molar-refractivity contribution in [2.24, 2.45) is 10.7 Å². The first-order chi connectivity index (χ1) is 17.3. The lowest BCUT2D eigenvalue weighted by Gasteiger charge is -2.16. The molecule has 1 unspecified atom stereocenters. The second kappa shape index (κ2) is 10.2. The number of hydrogen-bond acceptors (Lipinski definition) is 6. The number of aliphatic imine (C=N–C) groups is 1. The van der Waals surface area contributed by atoms with E-state index in [4.69, 9.17) is 15.5 Å². The quantitative estimate of drug-likeness (QED) is 0.393. The standard InChI is InChI=1S/C27H24N4O5/c1-31(15-22(28)32)26(34)17-8-11-19(12-9-17)29-24(16-6-4-3-5-7-16)23-20-13-10-18(27(35)36-2)14-21(20)30-25(23)33/h3-14,23H,15H2,1-2H3,(H2,28,32)(H,30,33). The van der Waals surface area contributed by atoms with Crippen LogP contribution in [0.3, 0.4) is 0 Å². The van der Waals surface area contributed by atoms with Crippen LogP contribution in [0, 0.1) is 0 Å². The van der Waals surface area contributed by atoms with E-state index in [2.05, 4.69) is 5.32 Å². The molecule has 0 spiro atoms. The van der Waals surface area contributed by atoms with Gasteiger partial charge in [0.1, 0.15) is 5.92 Å². The first-order valence-electron chi connectivity index (χ1n) is 11.1. The molecule has 3 amide bonds. The van der Waals surface area contributed by atoms with Crippen LogP contribution >= 0.6 is 0 Å². The van der Waals surface area contributed by atoms with Crippen molar-refractivity contribution >= 4 is 40.8 Å². The topological polar surface area (TPSA) is 131 Å². The molecule has 0 aromatic heterocycles. The molecule has 9 heteroatoms. The Kier molecular flexibility index (Phi) is 6.91. The Hall–Kier alpha value is -4.79. The summed E-state index contributed by atoms with van der Waals surface area (Å²) in [5.41, 5.74) is 8.90. The van der Waals surface area contributed by atoms with Gasteiger partial charge in [0.25, 0.3) is 5.91 Å². The Morgan fingerprint density at radius 3 is 2.28 bits per heavy atom. The highest BCUT2D eigenvalue weighted by Gasteiger charge is 2.36. The predicted molar refractivity (Wildman–Crippen MR) is 134 cm³/mol. The summed E-state index contributed by atoms with van der Waals surface area (Å²) in [7, 11) is 2.79. The molecule has 0 bridgehead atoms. The second-order valence-corrected chi connectivity index (χ2v) is 8.25. The number of nitrogens with two attached hydrogens (primary N) is 1. The average molecular weight is 485 g/mol. The number of carbonyl (C=O) groups is 4. The van der Waals surface area contributed by atoms with Gasteiger partial charge in [0.15, 0.2) is 0 Å². The number of ether oxygens (including phenoxy) is 1. The highest BCUT2D eigenvalue weighted by atomic mass is 16.5. The van der Waals surface area contributed by atoms with E-state index in [-0.39, 0.29) is 18.4 Å². The number of carbonyl (C=O) groups excluding carboxylic acids is 4. The van der Waals surface area contributed by atoms with Gasteiger partial charge in [-0.25, -0.2) is 4.79 Å². The van der Waals surface area contributed by atoms with Crippen LogP contribution in [-0.2, 0) is 14.3 Å². The van der Waals surface area contributed by atoms with Crippen molar-refractivity contribution in [1.29, 1.82) is 0 Å². The van der Waals surface area contributed by atoms with Gasteiger partial charge in [0.2, 0.25) is 11.8 Å². The normalized spacial score (nSPS) is 14.6. The summed E-state index contributed by atoms with van der Waals surface area (Å²) in [4.78, 5) is 54.7. The highest BCUT2D eigenvalue weighted by Crippen LogP contribution is 2.37. The van der Waals surface area contributed by atoms with Gasteiger partial charge in [-0.2, -0.15) is 0 Å². The molecule has 3 aromatic rings. The molecule has 3 aromatic carbocycles. The summed E-state index contributed by atoms with van der Waals surface area (Å²) in [5, 5.41) is 2.84. The van der Waals surface area contributed by atoms with E-state index >= 15 is 0 Å². The summed E-state index contributed by atoms with van der Waals surface area (Å²) in [6.45, 7) is -0.190. The molecular weight excluding hydrogens is 460 g/mol. The van der Waals surface area contributed by atoms with Gasteiger partial charge in [-0.3, -0.25) is 19.4 Å². The predicted octanol–water partition coefficient (Wildman–Crippen LogP) is 2.89. The summed E-state index contributed by atoms with van der Waals surface area (Å²) in [6, 6.07) is 20.8. The number of hydrogen-bond donors (Lipinski definition) is 2. The zero-order valence-electron chi connectivity index (χ0n) is 19.7. The van der Waals surface area contributed by atoms with Gasteiger partial charge in [-0.1, -0.05) is 36.4 Å². The number of primary amides is 1. The number of rotatable bonds is 7. The fourth-order valence-corrected chi connectivity index (χ4v) is 4.03. The molecule has 0 aliphatic carbocycles. The Morgan fingerprint density at radius 1 is 0.972 bits per heavy atom. The molecule has 1 aliphatic rings. The van der Waals surface area contributed by atoms with Crippen LogP contribution in [0.5, 0.6) is 0 Å². The lowest BCUT2D eigenvalue weighted by molar-refractivity contribution is -0.118. The first-order valence-corrected chi connectivity index (χ1v) is 11.1. The Labute approximate surface area is 207 Å². The molecule has 1 heterocycles. The third kappa shape index (κ3) is 5.00. The smallest absolute Gasteiger partial charge is 0.337 e. The summed E-state index contributed by atoms with van der Waals surface area (Å²) >= 11 is 0. The van der Waals surface area contributed by atoms with Gasteiger partial charge >= 0.3 is 5.97 Å². The minimum Gasteiger partial charge on any atom is -0.465 e. The van der Waals surface area contributed by atoms with Crippen LogP contribution in [0.15, 0.2) is 77.8 Å². The molecule has 4 rings (SSSR count). The summed E-state index contributed by atoms with van der Waals surface area (Å²) in [5.74, 6) is -2.43. The van der Waals surface area contributed by atoms with Gasteiger partial charge in [-0.15, -0.1) is 0 Å². The molecule has 9 nitrogen and oxygen atoms in total. The van der Waals surface area contributed by atoms with Gasteiger partial charge < -0.3 is 20.7 Å². The lowest BCUT2D eigenvalue weighted by atomic mass is 9.90. The fourth-order valence-electron chi connectivity index (χ4n) is 4.03. The van der Waals surface area contributed by atoms with Crippen LogP contribution in [0.2, 0.25) is 0 Å². The number of fused-ring (bicyclic) bond motifs is 1. The van der Waals surface area contributed by atoms with E-state index in [0.29, 0.717) is 33.8 Å². The molecule has 1 atom stereocenters. The van der Waals surface area contributed by atoms with Crippen LogP contribution in [0.4, 0.5) is 11.4 Å². The fraction of sp³-hybridized carbons (Fsp3) is 0.148. The largest absolute Gasteiger partial charge is 0.465 e. The molecule has 1 aliphatic heterocycles. The Morgan fingerprint density at radius 2 is 1.64 bits per heavy atom. The van der Waals surface area contributed by atoms with E-state index < -0.39 is 17.8 Å². The van der Waals surface area contributed by atoms with Gasteiger partial charge in [0.05, 0.1) is 30.6 Å². The van der Waals surface area contributed by atoms with Gasteiger partial charge in [0, 0.05) is 18.3 Å². The number of likely N-dealkylation sites (N-methyl/N-ethyl adjacent to an activating group) is 1. The van der Waals surface area contributed by atoms with Crippen LogP contribution in [-0.4, -0.2) is 55.0 Å². The number of nitrogens with zero attached hydrogens (tertiary/aromatic N) is 2. The van der Waals surface area contributed by atoms with Crippen LogP contribution in [0.25, 0.3) is 0 Å². The Bertz CT molecular complexity index is 1370. The van der Waals surface area contributed by atoms with Crippen molar-refractivity contribution < 1.29 is 23.9 Å². The second-order valence-electron chi connectivity index (χ2n) is 8.25. The number of esters is 1. The van der Waals surface area contributed by atoms with Crippen molar-refractivity contribution in [3.63, 3.8) is 0 Å². The molecule has 0 saturated heterocycles.